The van der Waals surface area contributed by atoms with E-state index < -0.39 is 21.4 Å². The van der Waals surface area contributed by atoms with E-state index in [-0.39, 0.29) is 11.5 Å². The molecule has 70 valence electrons. The van der Waals surface area contributed by atoms with Crippen molar-refractivity contribution in [1.82, 2.24) is 0 Å². The Morgan fingerprint density at radius 3 is 2.43 bits per heavy atom. The fraction of sp³-hybridized carbons (Fsp3) is 0. The molecular formula is C4N6O4. The minimum Gasteiger partial charge on any atom is -0.358 e. The number of aliphatic imine (C=N–C) groups is 1. The summed E-state index contributed by atoms with van der Waals surface area (Å²) in [5.41, 5.74) is -1.03. The monoisotopic (exact) mass is 196 g/mol. The summed E-state index contributed by atoms with van der Waals surface area (Å²) >= 11 is 0. The van der Waals surface area contributed by atoms with Gasteiger partial charge >= 0.3 is 17.4 Å². The quantitative estimate of drug-likeness (QED) is 0.451. The maximum Gasteiger partial charge on any atom is 0.447 e. The number of hydrogen-bond donors (Lipinski definition) is 0. The Balaban J connectivity index is 2.58. The highest BCUT2D eigenvalue weighted by Gasteiger charge is 2.47. The Morgan fingerprint density at radius 2 is 1.86 bits per heavy atom. The van der Waals surface area contributed by atoms with Crippen LogP contribution in [0, 0.1) is 20.2 Å². The first-order chi connectivity index (χ1) is 6.61. The van der Waals surface area contributed by atoms with Crippen LogP contribution < -0.4 is 0 Å². The molecule has 10 nitrogen and oxygen atoms in total. The van der Waals surface area contributed by atoms with Crippen molar-refractivity contribution in [1.29, 1.82) is 0 Å². The third-order valence-corrected chi connectivity index (χ3v) is 1.50. The lowest BCUT2D eigenvalue weighted by Crippen LogP contribution is -2.14. The molecule has 0 radical (unpaired) electrons. The van der Waals surface area contributed by atoms with Gasteiger partial charge < -0.3 is 10.1 Å². The zero-order valence-electron chi connectivity index (χ0n) is 6.32. The van der Waals surface area contributed by atoms with E-state index in [1.807, 2.05) is 0 Å². The average Bonchev–Trinajstić information content (AvgIpc) is 2.58. The fourth-order valence-corrected chi connectivity index (χ4v) is 0.985. The summed E-state index contributed by atoms with van der Waals surface area (Å²) in [7, 11) is 0. The molecule has 0 aliphatic carbocycles. The maximum atomic E-state index is 10.5. The summed E-state index contributed by atoms with van der Waals surface area (Å²) in [5, 5.41) is 30.5. The van der Waals surface area contributed by atoms with Gasteiger partial charge in [0, 0.05) is 0 Å². The average molecular weight is 196 g/mol. The maximum absolute atomic E-state index is 10.5. The molecule has 0 spiro atoms. The highest BCUT2D eigenvalue weighted by Crippen LogP contribution is 2.22. The van der Waals surface area contributed by atoms with Crippen LogP contribution in [0.3, 0.4) is 0 Å². The standard InChI is InChI=1S/C4N6O4/c11-9(12)2-1-3(7-8-6-1)5-4(2)10(13)14. The minimum atomic E-state index is -0.957. The van der Waals surface area contributed by atoms with Crippen LogP contribution in [0.2, 0.25) is 0 Å². The molecule has 0 saturated heterocycles. The molecule has 0 aromatic heterocycles. The zero-order chi connectivity index (χ0) is 10.3. The van der Waals surface area contributed by atoms with Crippen molar-refractivity contribution in [3.63, 3.8) is 0 Å². The van der Waals surface area contributed by atoms with Crippen LogP contribution in [0.15, 0.2) is 31.9 Å². The molecule has 2 aliphatic heterocycles. The van der Waals surface area contributed by atoms with Gasteiger partial charge in [0.2, 0.25) is 5.71 Å². The van der Waals surface area contributed by atoms with Crippen LogP contribution in [0.25, 0.3) is 0 Å². The molecule has 0 fully saturated rings. The molecule has 2 rings (SSSR count). The molecule has 0 amide bonds. The van der Waals surface area contributed by atoms with E-state index in [1.165, 1.54) is 0 Å². The molecule has 0 bridgehead atoms. The lowest BCUT2D eigenvalue weighted by Gasteiger charge is -1.89. The number of nitrogens with zero attached hydrogens (tertiary/aromatic N) is 6. The largest absolute Gasteiger partial charge is 0.447 e. The fourth-order valence-electron chi connectivity index (χ4n) is 0.985. The second kappa shape index (κ2) is 2.48. The van der Waals surface area contributed by atoms with Crippen molar-refractivity contribution in [2.75, 3.05) is 0 Å². The molecule has 14 heavy (non-hydrogen) atoms. The van der Waals surface area contributed by atoms with Crippen molar-refractivity contribution in [2.24, 2.45) is 20.4 Å². The van der Waals surface area contributed by atoms with Crippen LogP contribution in [-0.4, -0.2) is 21.4 Å². The predicted octanol–water partition coefficient (Wildman–Crippen LogP) is -0.0572. The van der Waals surface area contributed by atoms with E-state index in [4.69, 9.17) is 0 Å². The molecule has 0 aromatic carbocycles. The van der Waals surface area contributed by atoms with Crippen molar-refractivity contribution >= 4 is 11.5 Å². The van der Waals surface area contributed by atoms with Gasteiger partial charge in [-0.1, -0.05) is 5.11 Å². The number of nitro groups is 2. The van der Waals surface area contributed by atoms with Crippen molar-refractivity contribution in [3.05, 3.63) is 31.7 Å². The minimum absolute atomic E-state index is 0.191. The number of fused-ring (bicyclic) bond motifs is 1. The molecule has 0 saturated carbocycles. The zero-order valence-corrected chi connectivity index (χ0v) is 6.32. The first-order valence-electron chi connectivity index (χ1n) is 3.22. The summed E-state index contributed by atoms with van der Waals surface area (Å²) in [4.78, 5) is 22.3. The van der Waals surface area contributed by atoms with Gasteiger partial charge in [-0.15, -0.1) is 5.10 Å². The second-order valence-electron chi connectivity index (χ2n) is 2.26. The van der Waals surface area contributed by atoms with Crippen LogP contribution in [-0.2, 0) is 0 Å². The Morgan fingerprint density at radius 1 is 1.14 bits per heavy atom. The summed E-state index contributed by atoms with van der Waals surface area (Å²) in [5.74, 6) is -1.05. The van der Waals surface area contributed by atoms with Crippen LogP contribution in [0.1, 0.15) is 0 Å². The van der Waals surface area contributed by atoms with Gasteiger partial charge in [-0.05, 0) is 15.1 Å². The smallest absolute Gasteiger partial charge is 0.358 e. The van der Waals surface area contributed by atoms with Crippen molar-refractivity contribution < 1.29 is 9.85 Å². The second-order valence-corrected chi connectivity index (χ2v) is 2.26. The summed E-state index contributed by atoms with van der Waals surface area (Å²) in [6.45, 7) is 0. The Bertz CT molecular complexity index is 454. The highest BCUT2D eigenvalue weighted by atomic mass is 16.6. The number of amidine groups is 1. The Kier molecular flexibility index (Phi) is 1.44. The van der Waals surface area contributed by atoms with E-state index in [2.05, 4.69) is 20.4 Å². The predicted molar refractivity (Wildman–Crippen MR) is 40.7 cm³/mol. The molecule has 2 heterocycles. The van der Waals surface area contributed by atoms with Gasteiger partial charge in [-0.3, -0.25) is 10.1 Å². The summed E-state index contributed by atoms with van der Waals surface area (Å²) in [6.07, 6.45) is 0. The highest BCUT2D eigenvalue weighted by molar-refractivity contribution is 6.49. The molecule has 0 atom stereocenters. The molecular weight excluding hydrogens is 196 g/mol. The van der Waals surface area contributed by atoms with Gasteiger partial charge in [0.15, 0.2) is 0 Å². The van der Waals surface area contributed by atoms with Crippen LogP contribution in [0.4, 0.5) is 0 Å². The van der Waals surface area contributed by atoms with Gasteiger partial charge in [-0.2, -0.15) is 0 Å². The Labute approximate surface area is 74.6 Å². The topological polar surface area (TPSA) is 136 Å². The number of rotatable bonds is 2. The summed E-state index contributed by atoms with van der Waals surface area (Å²) in [6, 6.07) is 0. The summed E-state index contributed by atoms with van der Waals surface area (Å²) < 4.78 is 0. The van der Waals surface area contributed by atoms with Gasteiger partial charge in [-0.25, -0.2) is 0 Å². The van der Waals surface area contributed by atoms with Crippen LogP contribution >= 0.6 is 0 Å². The molecule has 0 unspecified atom stereocenters. The normalized spacial score (nSPS) is 18.0. The van der Waals surface area contributed by atoms with Crippen molar-refractivity contribution in [3.8, 4) is 0 Å². The lowest BCUT2D eigenvalue weighted by atomic mass is 10.3. The van der Waals surface area contributed by atoms with E-state index in [9.17, 15) is 20.2 Å². The first-order valence-corrected chi connectivity index (χ1v) is 3.22. The molecule has 10 heteroatoms. The lowest BCUT2D eigenvalue weighted by molar-refractivity contribution is -0.464. The van der Waals surface area contributed by atoms with E-state index >= 15 is 0 Å². The molecule has 2 aliphatic rings. The van der Waals surface area contributed by atoms with E-state index in [0.717, 1.165) is 0 Å². The van der Waals surface area contributed by atoms with Gasteiger partial charge in [0.05, 0.1) is 4.92 Å². The van der Waals surface area contributed by atoms with Gasteiger partial charge in [0.1, 0.15) is 0 Å². The van der Waals surface area contributed by atoms with E-state index in [0.29, 0.717) is 0 Å². The van der Waals surface area contributed by atoms with Crippen LogP contribution in [0.5, 0.6) is 0 Å². The SMILES string of the molecule is O=[N+]([O-])C1=C([N+](=O)[O-])C2=NN=NC2=N1. The third-order valence-electron chi connectivity index (χ3n) is 1.50. The van der Waals surface area contributed by atoms with Crippen molar-refractivity contribution in [2.45, 2.75) is 0 Å². The Hall–Kier alpha value is -2.52. The third kappa shape index (κ3) is 0.903. The first kappa shape index (κ1) is 8.10. The number of hydrogen-bond acceptors (Lipinski definition) is 8. The molecule has 0 N–H and O–H groups in total. The molecule has 0 aromatic rings. The van der Waals surface area contributed by atoms with Gasteiger partial charge in [0.25, 0.3) is 0 Å². The van der Waals surface area contributed by atoms with E-state index in [1.54, 1.807) is 0 Å².